The van der Waals surface area contributed by atoms with Crippen molar-refractivity contribution >= 4 is 45.6 Å². The number of aromatic nitrogens is 2. The molecular formula is C19H22Cl2N4OS. The maximum Gasteiger partial charge on any atom is 0.260 e. The molecule has 5 nitrogen and oxygen atoms in total. The highest BCUT2D eigenvalue weighted by Crippen LogP contribution is 2.35. The van der Waals surface area contributed by atoms with E-state index in [1.807, 2.05) is 29.6 Å². The zero-order valence-corrected chi connectivity index (χ0v) is 17.4. The first kappa shape index (κ1) is 20.3. The minimum atomic E-state index is -0.109. The molecule has 0 aliphatic carbocycles. The summed E-state index contributed by atoms with van der Waals surface area (Å²) < 4.78 is 0. The van der Waals surface area contributed by atoms with Crippen molar-refractivity contribution in [2.24, 2.45) is 11.1 Å². The molecule has 0 saturated carbocycles. The SMILES string of the molecule is CC1(CN)CCN(Cc2nc3scc(-c4ccccc4Cl)c3c(=O)[nH]2)C1.Cl. The van der Waals surface area contributed by atoms with Crippen LogP contribution in [0.2, 0.25) is 5.02 Å². The first-order chi connectivity index (χ1) is 12.5. The van der Waals surface area contributed by atoms with Gasteiger partial charge in [-0.25, -0.2) is 4.98 Å². The number of hydrogen-bond donors (Lipinski definition) is 2. The Labute approximate surface area is 173 Å². The minimum Gasteiger partial charge on any atom is -0.330 e. The normalized spacial score (nSPS) is 20.1. The standard InChI is InChI=1S/C19H21ClN4OS.ClH/c1-19(10-21)6-7-24(11-19)8-15-22-17(25)16-13(9-26-18(16)23-15)12-4-2-3-5-14(12)20;/h2-5,9H,6-8,10-11,21H2,1H3,(H,22,23,25);1H. The molecule has 4 rings (SSSR count). The zero-order chi connectivity index (χ0) is 18.3. The fraction of sp³-hybridized carbons (Fsp3) is 0.368. The lowest BCUT2D eigenvalue weighted by molar-refractivity contribution is 0.269. The van der Waals surface area contributed by atoms with E-state index < -0.39 is 0 Å². The second-order valence-corrected chi connectivity index (χ2v) is 8.56. The molecule has 3 N–H and O–H groups in total. The number of halogens is 2. The molecule has 1 aliphatic heterocycles. The summed E-state index contributed by atoms with van der Waals surface area (Å²) in [5, 5.41) is 3.20. The van der Waals surface area contributed by atoms with Crippen LogP contribution in [-0.4, -0.2) is 34.5 Å². The van der Waals surface area contributed by atoms with Gasteiger partial charge in [-0.05, 0) is 31.0 Å². The van der Waals surface area contributed by atoms with E-state index in [0.717, 1.165) is 35.5 Å². The number of rotatable bonds is 4. The highest BCUT2D eigenvalue weighted by molar-refractivity contribution is 7.17. The Kier molecular flexibility index (Phi) is 5.93. The number of nitrogens with one attached hydrogen (secondary N) is 1. The average molecular weight is 425 g/mol. The van der Waals surface area contributed by atoms with Crippen LogP contribution in [0.15, 0.2) is 34.4 Å². The number of likely N-dealkylation sites (tertiary alicyclic amines) is 1. The Balaban J connectivity index is 0.00000210. The molecule has 27 heavy (non-hydrogen) atoms. The molecule has 1 atom stereocenters. The van der Waals surface area contributed by atoms with Gasteiger partial charge >= 0.3 is 0 Å². The molecule has 8 heteroatoms. The van der Waals surface area contributed by atoms with E-state index in [1.54, 1.807) is 0 Å². The molecule has 1 aliphatic rings. The molecule has 1 unspecified atom stereocenters. The Morgan fingerprint density at radius 3 is 2.85 bits per heavy atom. The van der Waals surface area contributed by atoms with Gasteiger partial charge in [-0.3, -0.25) is 9.69 Å². The van der Waals surface area contributed by atoms with Crippen LogP contribution in [0.3, 0.4) is 0 Å². The van der Waals surface area contributed by atoms with Crippen LogP contribution in [0, 0.1) is 5.41 Å². The van der Waals surface area contributed by atoms with Crippen molar-refractivity contribution in [1.82, 2.24) is 14.9 Å². The quantitative estimate of drug-likeness (QED) is 0.665. The summed E-state index contributed by atoms with van der Waals surface area (Å²) in [6, 6.07) is 7.56. The predicted molar refractivity (Wildman–Crippen MR) is 115 cm³/mol. The van der Waals surface area contributed by atoms with Gasteiger partial charge in [0.2, 0.25) is 0 Å². The van der Waals surface area contributed by atoms with E-state index in [9.17, 15) is 4.79 Å². The number of H-pyrrole nitrogens is 1. The Hall–Kier alpha value is -1.44. The summed E-state index contributed by atoms with van der Waals surface area (Å²) >= 11 is 7.79. The molecule has 144 valence electrons. The topological polar surface area (TPSA) is 75.0 Å². The first-order valence-electron chi connectivity index (χ1n) is 8.67. The van der Waals surface area contributed by atoms with E-state index >= 15 is 0 Å². The minimum absolute atomic E-state index is 0. The van der Waals surface area contributed by atoms with Crippen LogP contribution >= 0.6 is 35.3 Å². The molecule has 0 radical (unpaired) electrons. The second-order valence-electron chi connectivity index (χ2n) is 7.30. The number of fused-ring (bicyclic) bond motifs is 1. The number of nitrogens with two attached hydrogens (primary N) is 1. The van der Waals surface area contributed by atoms with E-state index in [1.165, 1.54) is 11.3 Å². The van der Waals surface area contributed by atoms with Gasteiger partial charge in [0.25, 0.3) is 5.56 Å². The fourth-order valence-electron chi connectivity index (χ4n) is 3.59. The van der Waals surface area contributed by atoms with Crippen molar-refractivity contribution in [3.05, 3.63) is 50.8 Å². The van der Waals surface area contributed by atoms with Crippen molar-refractivity contribution < 1.29 is 0 Å². The summed E-state index contributed by atoms with van der Waals surface area (Å²) in [7, 11) is 0. The smallest absolute Gasteiger partial charge is 0.260 e. The van der Waals surface area contributed by atoms with Crippen LogP contribution in [0.1, 0.15) is 19.2 Å². The number of nitrogens with zero attached hydrogens (tertiary/aromatic N) is 2. The van der Waals surface area contributed by atoms with Crippen LogP contribution in [0.4, 0.5) is 0 Å². The van der Waals surface area contributed by atoms with E-state index in [4.69, 9.17) is 22.3 Å². The van der Waals surface area contributed by atoms with Gasteiger partial charge in [0.05, 0.1) is 11.9 Å². The molecule has 1 saturated heterocycles. The molecule has 0 amide bonds. The highest BCUT2D eigenvalue weighted by atomic mass is 35.5. The third-order valence-corrected chi connectivity index (χ3v) is 6.36. The first-order valence-corrected chi connectivity index (χ1v) is 9.92. The van der Waals surface area contributed by atoms with Gasteiger partial charge in [-0.2, -0.15) is 0 Å². The monoisotopic (exact) mass is 424 g/mol. The van der Waals surface area contributed by atoms with Gasteiger partial charge in [0.1, 0.15) is 10.7 Å². The van der Waals surface area contributed by atoms with Crippen molar-refractivity contribution in [3.8, 4) is 11.1 Å². The van der Waals surface area contributed by atoms with Crippen molar-refractivity contribution in [3.63, 3.8) is 0 Å². The summed E-state index contributed by atoms with van der Waals surface area (Å²) in [5.41, 5.74) is 7.63. The lowest BCUT2D eigenvalue weighted by Gasteiger charge is -2.22. The number of hydrogen-bond acceptors (Lipinski definition) is 5. The summed E-state index contributed by atoms with van der Waals surface area (Å²) in [6.07, 6.45) is 1.08. The van der Waals surface area contributed by atoms with Gasteiger partial charge in [-0.1, -0.05) is 36.7 Å². The Bertz CT molecular complexity index is 1020. The van der Waals surface area contributed by atoms with E-state index in [-0.39, 0.29) is 23.4 Å². The van der Waals surface area contributed by atoms with Gasteiger partial charge < -0.3 is 10.7 Å². The summed E-state index contributed by atoms with van der Waals surface area (Å²) in [5.74, 6) is 0.705. The maximum atomic E-state index is 12.8. The van der Waals surface area contributed by atoms with Crippen molar-refractivity contribution in [2.45, 2.75) is 19.9 Å². The molecular weight excluding hydrogens is 403 g/mol. The van der Waals surface area contributed by atoms with Crippen LogP contribution < -0.4 is 11.3 Å². The third kappa shape index (κ3) is 3.91. The molecule has 0 spiro atoms. The largest absolute Gasteiger partial charge is 0.330 e. The summed E-state index contributed by atoms with van der Waals surface area (Å²) in [6.45, 7) is 5.44. The number of thiophene rings is 1. The van der Waals surface area contributed by atoms with Crippen molar-refractivity contribution in [1.29, 1.82) is 0 Å². The van der Waals surface area contributed by atoms with E-state index in [2.05, 4.69) is 16.8 Å². The van der Waals surface area contributed by atoms with Crippen molar-refractivity contribution in [2.75, 3.05) is 19.6 Å². The molecule has 0 bridgehead atoms. The summed E-state index contributed by atoms with van der Waals surface area (Å²) in [4.78, 5) is 23.5. The number of aromatic amines is 1. The Morgan fingerprint density at radius 1 is 1.37 bits per heavy atom. The third-order valence-electron chi connectivity index (χ3n) is 5.16. The van der Waals surface area contributed by atoms with Gasteiger partial charge in [0.15, 0.2) is 0 Å². The molecule has 2 aromatic heterocycles. The maximum absolute atomic E-state index is 12.8. The predicted octanol–water partition coefficient (Wildman–Crippen LogP) is 3.90. The molecule has 3 aromatic rings. The van der Waals surface area contributed by atoms with Gasteiger partial charge in [0, 0.05) is 28.1 Å². The second kappa shape index (κ2) is 7.89. The number of benzene rings is 1. The lowest BCUT2D eigenvalue weighted by atomic mass is 9.90. The fourth-order valence-corrected chi connectivity index (χ4v) is 4.78. The van der Waals surface area contributed by atoms with Crippen LogP contribution in [0.5, 0.6) is 0 Å². The molecule has 3 heterocycles. The zero-order valence-electron chi connectivity index (χ0n) is 15.0. The van der Waals surface area contributed by atoms with Crippen LogP contribution in [0.25, 0.3) is 21.3 Å². The highest BCUT2D eigenvalue weighted by Gasteiger charge is 2.32. The lowest BCUT2D eigenvalue weighted by Crippen LogP contribution is -2.31. The average Bonchev–Trinajstić information content (AvgIpc) is 3.20. The van der Waals surface area contributed by atoms with E-state index in [0.29, 0.717) is 29.3 Å². The molecule has 1 aromatic carbocycles. The Morgan fingerprint density at radius 2 is 2.15 bits per heavy atom. The van der Waals surface area contributed by atoms with Crippen LogP contribution in [-0.2, 0) is 6.54 Å². The van der Waals surface area contributed by atoms with Gasteiger partial charge in [-0.15, -0.1) is 23.7 Å². The molecule has 1 fully saturated rings.